The van der Waals surface area contributed by atoms with E-state index in [-0.39, 0.29) is 18.2 Å². The van der Waals surface area contributed by atoms with Gasteiger partial charge in [0.05, 0.1) is 0 Å². The molecule has 29 heavy (non-hydrogen) atoms. The first-order valence-electron chi connectivity index (χ1n) is 9.56. The molecule has 1 atom stereocenters. The molecular formula is C21H23N5O3. The van der Waals surface area contributed by atoms with E-state index < -0.39 is 11.9 Å². The fraction of sp³-hybridized carbons (Fsp3) is 0.333. The van der Waals surface area contributed by atoms with Crippen LogP contribution in [0.15, 0.2) is 36.5 Å². The van der Waals surface area contributed by atoms with E-state index in [0.29, 0.717) is 25.1 Å². The second kappa shape index (κ2) is 7.54. The van der Waals surface area contributed by atoms with Gasteiger partial charge in [-0.25, -0.2) is 4.98 Å². The highest BCUT2D eigenvalue weighted by molar-refractivity contribution is 6.05. The maximum absolute atomic E-state index is 12.7. The van der Waals surface area contributed by atoms with Crippen molar-refractivity contribution in [1.82, 2.24) is 15.2 Å². The molecule has 1 fully saturated rings. The summed E-state index contributed by atoms with van der Waals surface area (Å²) >= 11 is 0. The summed E-state index contributed by atoms with van der Waals surface area (Å²) in [4.78, 5) is 44.1. The highest BCUT2D eigenvalue weighted by Crippen LogP contribution is 2.29. The number of carbonyl (C=O) groups excluding carboxylic acids is 3. The molecule has 150 valence electrons. The predicted molar refractivity (Wildman–Crippen MR) is 108 cm³/mol. The minimum atomic E-state index is -0.592. The van der Waals surface area contributed by atoms with E-state index in [2.05, 4.69) is 15.6 Å². The van der Waals surface area contributed by atoms with Crippen molar-refractivity contribution in [2.24, 2.45) is 0 Å². The van der Waals surface area contributed by atoms with Crippen molar-refractivity contribution in [3.63, 3.8) is 0 Å². The normalized spacial score (nSPS) is 18.5. The van der Waals surface area contributed by atoms with E-state index in [0.717, 1.165) is 22.6 Å². The first-order valence-corrected chi connectivity index (χ1v) is 9.56. The lowest BCUT2D eigenvalue weighted by Crippen LogP contribution is -2.52. The third kappa shape index (κ3) is 3.78. The lowest BCUT2D eigenvalue weighted by Gasteiger charge is -2.29. The van der Waals surface area contributed by atoms with Gasteiger partial charge in [-0.05, 0) is 41.8 Å². The fourth-order valence-electron chi connectivity index (χ4n) is 3.67. The smallest absolute Gasteiger partial charge is 0.255 e. The Morgan fingerprint density at radius 2 is 2.03 bits per heavy atom. The Kier molecular flexibility index (Phi) is 4.92. The summed E-state index contributed by atoms with van der Waals surface area (Å²) in [5, 5.41) is 5.68. The van der Waals surface area contributed by atoms with Gasteiger partial charge < -0.3 is 15.1 Å². The van der Waals surface area contributed by atoms with Crippen LogP contribution in [0, 0.1) is 0 Å². The van der Waals surface area contributed by atoms with Gasteiger partial charge in [0.15, 0.2) is 0 Å². The largest absolute Gasteiger partial charge is 0.381 e. The number of hydrogen-bond acceptors (Lipinski definition) is 6. The van der Waals surface area contributed by atoms with Gasteiger partial charge in [-0.1, -0.05) is 6.07 Å². The summed E-state index contributed by atoms with van der Waals surface area (Å²) < 4.78 is 0. The van der Waals surface area contributed by atoms with E-state index in [4.69, 9.17) is 0 Å². The van der Waals surface area contributed by atoms with Crippen molar-refractivity contribution in [2.45, 2.75) is 32.0 Å². The molecule has 1 aromatic carbocycles. The zero-order chi connectivity index (χ0) is 20.5. The summed E-state index contributed by atoms with van der Waals surface area (Å²) in [6, 6.07) is 9.00. The molecule has 2 aliphatic heterocycles. The zero-order valence-corrected chi connectivity index (χ0v) is 16.4. The summed E-state index contributed by atoms with van der Waals surface area (Å²) in [5.74, 6) is 0.0623. The molecule has 2 aliphatic rings. The SMILES string of the molecule is CN(C)c1ccc(CNc2ccc3c(c2)CN(C2CCC(=O)NC2=O)C3=O)cn1. The number of amides is 3. The Morgan fingerprint density at radius 1 is 1.21 bits per heavy atom. The van der Waals surface area contributed by atoms with Crippen molar-refractivity contribution >= 4 is 29.2 Å². The van der Waals surface area contributed by atoms with Gasteiger partial charge in [0.25, 0.3) is 5.91 Å². The molecule has 1 saturated heterocycles. The number of nitrogens with one attached hydrogen (secondary N) is 2. The van der Waals surface area contributed by atoms with Crippen LogP contribution in [0.5, 0.6) is 0 Å². The van der Waals surface area contributed by atoms with Crippen LogP contribution >= 0.6 is 0 Å². The van der Waals surface area contributed by atoms with E-state index in [1.165, 1.54) is 0 Å². The minimum Gasteiger partial charge on any atom is -0.381 e. The van der Waals surface area contributed by atoms with Crippen LogP contribution in [0.3, 0.4) is 0 Å². The third-order valence-corrected chi connectivity index (χ3v) is 5.29. The standard InChI is InChI=1S/C21H23N5O3/c1-25(2)18-7-3-13(11-23-18)10-22-15-4-5-16-14(9-15)12-26(21(16)29)17-6-8-19(27)24-20(17)28/h3-5,7,9,11,17,22H,6,8,10,12H2,1-2H3,(H,24,27,28). The first-order chi connectivity index (χ1) is 13.9. The fourth-order valence-corrected chi connectivity index (χ4v) is 3.67. The zero-order valence-electron chi connectivity index (χ0n) is 16.4. The van der Waals surface area contributed by atoms with Crippen LogP contribution in [0.25, 0.3) is 0 Å². The first kappa shape index (κ1) is 18.9. The maximum Gasteiger partial charge on any atom is 0.255 e. The molecule has 0 radical (unpaired) electrons. The molecule has 1 unspecified atom stereocenters. The number of aromatic nitrogens is 1. The third-order valence-electron chi connectivity index (χ3n) is 5.29. The van der Waals surface area contributed by atoms with E-state index in [9.17, 15) is 14.4 Å². The Labute approximate surface area is 168 Å². The average molecular weight is 393 g/mol. The molecular weight excluding hydrogens is 370 g/mol. The predicted octanol–water partition coefficient (Wildman–Crippen LogP) is 1.52. The second-order valence-corrected chi connectivity index (χ2v) is 7.54. The number of pyridine rings is 1. The van der Waals surface area contributed by atoms with Crippen molar-refractivity contribution in [3.05, 3.63) is 53.2 Å². The maximum atomic E-state index is 12.7. The molecule has 2 aromatic rings. The number of carbonyl (C=O) groups is 3. The molecule has 8 heteroatoms. The molecule has 0 bridgehead atoms. The van der Waals surface area contributed by atoms with Crippen LogP contribution in [0.1, 0.15) is 34.3 Å². The number of anilines is 2. The van der Waals surface area contributed by atoms with Crippen LogP contribution in [0.4, 0.5) is 11.5 Å². The van der Waals surface area contributed by atoms with Gasteiger partial charge in [-0.3, -0.25) is 19.7 Å². The number of rotatable bonds is 5. The number of piperidine rings is 1. The lowest BCUT2D eigenvalue weighted by atomic mass is 10.0. The Balaban J connectivity index is 1.43. The molecule has 0 aliphatic carbocycles. The number of nitrogens with zero attached hydrogens (tertiary/aromatic N) is 3. The minimum absolute atomic E-state index is 0.162. The lowest BCUT2D eigenvalue weighted by molar-refractivity contribution is -0.136. The Hall–Kier alpha value is -3.42. The topological polar surface area (TPSA) is 94.6 Å². The molecule has 3 amide bonds. The van der Waals surface area contributed by atoms with Crippen LogP contribution in [0.2, 0.25) is 0 Å². The molecule has 8 nitrogen and oxygen atoms in total. The van der Waals surface area contributed by atoms with Crippen molar-refractivity contribution in [2.75, 3.05) is 24.3 Å². The Bertz CT molecular complexity index is 971. The number of fused-ring (bicyclic) bond motifs is 1. The van der Waals surface area contributed by atoms with Crippen molar-refractivity contribution < 1.29 is 14.4 Å². The second-order valence-electron chi connectivity index (χ2n) is 7.54. The summed E-state index contributed by atoms with van der Waals surface area (Å²) in [6.07, 6.45) is 2.46. The highest BCUT2D eigenvalue weighted by atomic mass is 16.2. The molecule has 0 saturated carbocycles. The van der Waals surface area contributed by atoms with Gasteiger partial charge in [-0.15, -0.1) is 0 Å². The molecule has 0 spiro atoms. The molecule has 3 heterocycles. The van der Waals surface area contributed by atoms with E-state index in [1.807, 2.05) is 49.5 Å². The quantitative estimate of drug-likeness (QED) is 0.748. The van der Waals surface area contributed by atoms with Crippen LogP contribution < -0.4 is 15.5 Å². The van der Waals surface area contributed by atoms with Crippen LogP contribution in [-0.2, 0) is 22.7 Å². The van der Waals surface area contributed by atoms with E-state index >= 15 is 0 Å². The van der Waals surface area contributed by atoms with Crippen molar-refractivity contribution in [3.8, 4) is 0 Å². The van der Waals surface area contributed by atoms with Crippen LogP contribution in [-0.4, -0.2) is 47.7 Å². The van der Waals surface area contributed by atoms with Gasteiger partial charge >= 0.3 is 0 Å². The van der Waals surface area contributed by atoms with Crippen molar-refractivity contribution in [1.29, 1.82) is 0 Å². The molecule has 2 N–H and O–H groups in total. The molecule has 1 aromatic heterocycles. The van der Waals surface area contributed by atoms with Gasteiger partial charge in [0.1, 0.15) is 11.9 Å². The number of hydrogen-bond donors (Lipinski definition) is 2. The van der Waals surface area contributed by atoms with Gasteiger partial charge in [-0.2, -0.15) is 0 Å². The Morgan fingerprint density at radius 3 is 2.72 bits per heavy atom. The van der Waals surface area contributed by atoms with E-state index in [1.54, 1.807) is 11.0 Å². The monoisotopic (exact) mass is 393 g/mol. The van der Waals surface area contributed by atoms with Gasteiger partial charge in [0.2, 0.25) is 11.8 Å². The summed E-state index contributed by atoms with van der Waals surface area (Å²) in [7, 11) is 3.90. The summed E-state index contributed by atoms with van der Waals surface area (Å²) in [6.45, 7) is 0.985. The molecule has 4 rings (SSSR count). The number of benzene rings is 1. The number of imide groups is 1. The highest BCUT2D eigenvalue weighted by Gasteiger charge is 2.39. The van der Waals surface area contributed by atoms with Gasteiger partial charge in [0, 0.05) is 51.1 Å². The average Bonchev–Trinajstić information content (AvgIpc) is 3.02. The summed E-state index contributed by atoms with van der Waals surface area (Å²) in [5.41, 5.74) is 3.44.